The molecule has 0 saturated heterocycles. The number of amides is 2. The van der Waals surface area contributed by atoms with Gasteiger partial charge < -0.3 is 15.8 Å². The van der Waals surface area contributed by atoms with E-state index >= 15 is 0 Å². The van der Waals surface area contributed by atoms with E-state index in [2.05, 4.69) is 5.32 Å². The van der Waals surface area contributed by atoms with E-state index in [1.807, 2.05) is 24.3 Å². The summed E-state index contributed by atoms with van der Waals surface area (Å²) in [4.78, 5) is 23.4. The number of fused-ring (bicyclic) bond motifs is 2. The molecule has 8 nitrogen and oxygen atoms in total. The molecule has 0 unspecified atom stereocenters. The fourth-order valence-corrected chi connectivity index (χ4v) is 4.95. The van der Waals surface area contributed by atoms with Crippen LogP contribution in [0.1, 0.15) is 11.1 Å². The highest BCUT2D eigenvalue weighted by atomic mass is 32.2. The topological polar surface area (TPSA) is 119 Å². The van der Waals surface area contributed by atoms with Crippen molar-refractivity contribution in [2.24, 2.45) is 5.73 Å². The molecule has 140 valence electrons. The van der Waals surface area contributed by atoms with Gasteiger partial charge in [0.05, 0.1) is 10.6 Å². The summed E-state index contributed by atoms with van der Waals surface area (Å²) < 4.78 is 32.9. The SMILES string of the molecule is NC(=O)[C@@H]1Cc2ccccc2CN1S(=O)(=O)c1ccc2c(c1)NC(=O)CO2. The number of primary amides is 1. The summed E-state index contributed by atoms with van der Waals surface area (Å²) in [6.45, 7) is -0.0716. The Hall–Kier alpha value is -2.91. The molecule has 0 radical (unpaired) electrons. The van der Waals surface area contributed by atoms with Crippen molar-refractivity contribution >= 4 is 27.5 Å². The summed E-state index contributed by atoms with van der Waals surface area (Å²) in [5, 5.41) is 2.59. The number of nitrogens with zero attached hydrogens (tertiary/aromatic N) is 1. The van der Waals surface area contributed by atoms with Gasteiger partial charge in [-0.25, -0.2) is 8.42 Å². The van der Waals surface area contributed by atoms with Crippen molar-refractivity contribution in [2.75, 3.05) is 11.9 Å². The summed E-state index contributed by atoms with van der Waals surface area (Å²) in [6.07, 6.45) is 0.218. The Kier molecular flexibility index (Phi) is 4.12. The van der Waals surface area contributed by atoms with Crippen LogP contribution in [0, 0.1) is 0 Å². The van der Waals surface area contributed by atoms with Crippen LogP contribution in [-0.4, -0.2) is 37.2 Å². The molecule has 0 aromatic heterocycles. The zero-order chi connectivity index (χ0) is 19.2. The number of sulfonamides is 1. The van der Waals surface area contributed by atoms with Crippen molar-refractivity contribution in [3.8, 4) is 5.75 Å². The van der Waals surface area contributed by atoms with E-state index in [0.717, 1.165) is 15.4 Å². The van der Waals surface area contributed by atoms with Gasteiger partial charge in [-0.15, -0.1) is 0 Å². The summed E-state index contributed by atoms with van der Waals surface area (Å²) in [5.74, 6) is -0.675. The highest BCUT2D eigenvalue weighted by molar-refractivity contribution is 7.89. The Morgan fingerprint density at radius 1 is 1.19 bits per heavy atom. The van der Waals surface area contributed by atoms with Crippen molar-refractivity contribution in [1.29, 1.82) is 0 Å². The van der Waals surface area contributed by atoms with Crippen LogP contribution in [0.5, 0.6) is 5.75 Å². The number of hydrogen-bond donors (Lipinski definition) is 2. The van der Waals surface area contributed by atoms with E-state index in [4.69, 9.17) is 10.5 Å². The molecule has 2 aromatic rings. The van der Waals surface area contributed by atoms with Crippen molar-refractivity contribution in [2.45, 2.75) is 23.9 Å². The molecular weight excluding hydrogens is 370 g/mol. The molecule has 4 rings (SSSR count). The monoisotopic (exact) mass is 387 g/mol. The molecule has 2 amide bonds. The second kappa shape index (κ2) is 6.36. The maximum Gasteiger partial charge on any atom is 0.262 e. The number of carbonyl (C=O) groups is 2. The van der Waals surface area contributed by atoms with Gasteiger partial charge in [-0.3, -0.25) is 9.59 Å². The lowest BCUT2D eigenvalue weighted by Crippen LogP contribution is -2.51. The summed E-state index contributed by atoms with van der Waals surface area (Å²) in [6, 6.07) is 10.6. The molecule has 2 aromatic carbocycles. The third-order valence-electron chi connectivity index (χ3n) is 4.72. The van der Waals surface area contributed by atoms with E-state index in [1.165, 1.54) is 18.2 Å². The maximum atomic E-state index is 13.2. The number of carbonyl (C=O) groups excluding carboxylic acids is 2. The van der Waals surface area contributed by atoms with Crippen LogP contribution in [0.3, 0.4) is 0 Å². The average molecular weight is 387 g/mol. The predicted octanol–water partition coefficient (Wildman–Crippen LogP) is 0.618. The largest absolute Gasteiger partial charge is 0.482 e. The molecule has 1 atom stereocenters. The first-order valence-electron chi connectivity index (χ1n) is 8.31. The van der Waals surface area contributed by atoms with Crippen molar-refractivity contribution in [3.05, 3.63) is 53.6 Å². The van der Waals surface area contributed by atoms with E-state index in [0.29, 0.717) is 5.75 Å². The van der Waals surface area contributed by atoms with Gasteiger partial charge >= 0.3 is 0 Å². The van der Waals surface area contributed by atoms with Crippen LogP contribution < -0.4 is 15.8 Å². The summed E-state index contributed by atoms with van der Waals surface area (Å²) in [5.41, 5.74) is 7.50. The van der Waals surface area contributed by atoms with Crippen molar-refractivity contribution < 1.29 is 22.7 Å². The average Bonchev–Trinajstić information content (AvgIpc) is 2.66. The van der Waals surface area contributed by atoms with E-state index in [1.54, 1.807) is 0 Å². The van der Waals surface area contributed by atoms with Crippen LogP contribution in [0.2, 0.25) is 0 Å². The molecule has 0 aliphatic carbocycles. The Morgan fingerprint density at radius 3 is 2.67 bits per heavy atom. The number of ether oxygens (including phenoxy) is 1. The van der Waals surface area contributed by atoms with Crippen molar-refractivity contribution in [1.82, 2.24) is 4.31 Å². The minimum absolute atomic E-state index is 0.0438. The maximum absolute atomic E-state index is 13.2. The second-order valence-corrected chi connectivity index (χ2v) is 8.33. The normalized spacial score (nSPS) is 19.4. The molecule has 0 fully saturated rings. The Morgan fingerprint density at radius 2 is 1.93 bits per heavy atom. The van der Waals surface area contributed by atoms with Gasteiger partial charge in [0.2, 0.25) is 15.9 Å². The first-order chi connectivity index (χ1) is 12.9. The lowest BCUT2D eigenvalue weighted by molar-refractivity contribution is -0.122. The number of rotatable bonds is 3. The molecular formula is C18H17N3O5S. The lowest BCUT2D eigenvalue weighted by atomic mass is 9.96. The molecule has 27 heavy (non-hydrogen) atoms. The Labute approximate surface area is 156 Å². The minimum atomic E-state index is -4.02. The highest BCUT2D eigenvalue weighted by Gasteiger charge is 2.39. The first kappa shape index (κ1) is 17.5. The number of benzene rings is 2. The molecule has 2 aliphatic heterocycles. The Bertz CT molecular complexity index is 1050. The van der Waals surface area contributed by atoms with Crippen LogP contribution in [-0.2, 0) is 32.6 Å². The highest BCUT2D eigenvalue weighted by Crippen LogP contribution is 2.34. The fraction of sp³-hybridized carbons (Fsp3) is 0.222. The smallest absolute Gasteiger partial charge is 0.262 e. The number of anilines is 1. The summed E-state index contributed by atoms with van der Waals surface area (Å²) in [7, 11) is -4.02. The van der Waals surface area contributed by atoms with Gasteiger partial charge in [0, 0.05) is 6.54 Å². The Balaban J connectivity index is 1.75. The zero-order valence-electron chi connectivity index (χ0n) is 14.2. The molecule has 2 heterocycles. The molecule has 3 N–H and O–H groups in total. The van der Waals surface area contributed by atoms with Gasteiger partial charge in [-0.1, -0.05) is 24.3 Å². The molecule has 0 saturated carbocycles. The summed E-state index contributed by atoms with van der Waals surface area (Å²) >= 11 is 0. The van der Waals surface area contributed by atoms with Gasteiger partial charge in [0.1, 0.15) is 11.8 Å². The quantitative estimate of drug-likeness (QED) is 0.800. The first-order valence-corrected chi connectivity index (χ1v) is 9.75. The van der Waals surface area contributed by atoms with E-state index in [-0.39, 0.29) is 36.1 Å². The molecule has 2 aliphatic rings. The van der Waals surface area contributed by atoms with Gasteiger partial charge in [-0.05, 0) is 35.7 Å². The van der Waals surface area contributed by atoms with Gasteiger partial charge in [0.25, 0.3) is 5.91 Å². The minimum Gasteiger partial charge on any atom is -0.482 e. The zero-order valence-corrected chi connectivity index (χ0v) is 15.0. The van der Waals surface area contributed by atoms with Crippen molar-refractivity contribution in [3.63, 3.8) is 0 Å². The second-order valence-electron chi connectivity index (χ2n) is 6.44. The third kappa shape index (κ3) is 3.04. The van der Waals surface area contributed by atoms with E-state index < -0.39 is 22.0 Å². The van der Waals surface area contributed by atoms with Crippen LogP contribution in [0.25, 0.3) is 0 Å². The van der Waals surface area contributed by atoms with Crippen LogP contribution >= 0.6 is 0 Å². The fourth-order valence-electron chi connectivity index (χ4n) is 3.35. The molecule has 0 spiro atoms. The molecule has 9 heteroatoms. The number of nitrogens with two attached hydrogens (primary N) is 1. The number of hydrogen-bond acceptors (Lipinski definition) is 5. The third-order valence-corrected chi connectivity index (χ3v) is 6.58. The standard InChI is InChI=1S/C18H17N3O5S/c19-18(23)15-7-11-3-1-2-4-12(11)9-21(15)27(24,25)13-5-6-16-14(8-13)20-17(22)10-26-16/h1-6,8,15H,7,9-10H2,(H2,19,23)(H,20,22)/t15-/m0/s1. The van der Waals surface area contributed by atoms with Gasteiger partial charge in [-0.2, -0.15) is 4.31 Å². The van der Waals surface area contributed by atoms with Gasteiger partial charge in [0.15, 0.2) is 6.61 Å². The van der Waals surface area contributed by atoms with Crippen LogP contribution in [0.4, 0.5) is 5.69 Å². The van der Waals surface area contributed by atoms with Crippen LogP contribution in [0.15, 0.2) is 47.4 Å². The number of nitrogens with one attached hydrogen (secondary N) is 1. The predicted molar refractivity (Wildman–Crippen MR) is 96.4 cm³/mol. The molecule has 0 bridgehead atoms. The lowest BCUT2D eigenvalue weighted by Gasteiger charge is -2.34. The van der Waals surface area contributed by atoms with E-state index in [9.17, 15) is 18.0 Å².